The molecule has 4 rings (SSSR count). The Balaban J connectivity index is 1.56. The van der Waals surface area contributed by atoms with Crippen LogP contribution in [0, 0.1) is 5.82 Å². The molecule has 0 aliphatic heterocycles. The monoisotopic (exact) mass is 648 g/mol. The highest BCUT2D eigenvalue weighted by molar-refractivity contribution is 9.10. The number of benzene rings is 3. The number of anilines is 1. The van der Waals surface area contributed by atoms with Crippen LogP contribution in [-0.4, -0.2) is 28.4 Å². The zero-order valence-electron chi connectivity index (χ0n) is 19.6. The minimum atomic E-state index is -0.477. The van der Waals surface area contributed by atoms with Crippen molar-refractivity contribution >= 4 is 72.2 Å². The highest BCUT2D eigenvalue weighted by Crippen LogP contribution is 2.34. The van der Waals surface area contributed by atoms with Gasteiger partial charge in [-0.25, -0.2) is 9.37 Å². The van der Waals surface area contributed by atoms with E-state index in [0.29, 0.717) is 32.5 Å². The smallest absolute Gasteiger partial charge is 0.282 e. The van der Waals surface area contributed by atoms with E-state index in [9.17, 15) is 14.0 Å². The molecule has 3 aromatic carbocycles. The largest absolute Gasteiger partial charge is 0.481 e. The van der Waals surface area contributed by atoms with Crippen LogP contribution in [0.2, 0.25) is 5.02 Å². The van der Waals surface area contributed by atoms with Crippen molar-refractivity contribution in [1.82, 2.24) is 9.66 Å². The van der Waals surface area contributed by atoms with Crippen molar-refractivity contribution in [2.45, 2.75) is 19.8 Å². The molecule has 0 aliphatic carbocycles. The number of nitrogens with zero attached hydrogens (tertiary/aromatic N) is 3. The van der Waals surface area contributed by atoms with Crippen molar-refractivity contribution in [3.8, 4) is 5.75 Å². The molecular formula is C26H20Br2ClFN4O3. The van der Waals surface area contributed by atoms with Crippen LogP contribution in [0.4, 0.5) is 10.1 Å². The average molecular weight is 651 g/mol. The Morgan fingerprint density at radius 3 is 2.70 bits per heavy atom. The second kappa shape index (κ2) is 11.5. The zero-order valence-corrected chi connectivity index (χ0v) is 23.6. The fraction of sp³-hybridized carbons (Fsp3) is 0.154. The number of amides is 1. The van der Waals surface area contributed by atoms with Gasteiger partial charge in [0.15, 0.2) is 12.4 Å². The van der Waals surface area contributed by atoms with Crippen LogP contribution < -0.4 is 15.6 Å². The van der Waals surface area contributed by atoms with Crippen molar-refractivity contribution in [3.63, 3.8) is 0 Å². The highest BCUT2D eigenvalue weighted by Gasteiger charge is 2.15. The minimum absolute atomic E-state index is 0.0532. The number of hydrogen-bond donors (Lipinski definition) is 1. The number of nitrogens with one attached hydrogen (secondary N) is 1. The van der Waals surface area contributed by atoms with E-state index in [2.05, 4.69) is 47.3 Å². The van der Waals surface area contributed by atoms with Gasteiger partial charge in [0.25, 0.3) is 11.5 Å². The second-order valence-corrected chi connectivity index (χ2v) is 10.5. The summed E-state index contributed by atoms with van der Waals surface area (Å²) in [5, 5.41) is 7.62. The van der Waals surface area contributed by atoms with E-state index in [1.54, 1.807) is 30.3 Å². The lowest BCUT2D eigenvalue weighted by atomic mass is 10.2. The van der Waals surface area contributed by atoms with Crippen molar-refractivity contribution in [2.24, 2.45) is 5.10 Å². The van der Waals surface area contributed by atoms with Crippen molar-refractivity contribution in [1.29, 1.82) is 0 Å². The lowest BCUT2D eigenvalue weighted by Gasteiger charge is -2.13. The first-order valence-electron chi connectivity index (χ1n) is 11.1. The van der Waals surface area contributed by atoms with Crippen LogP contribution in [0.3, 0.4) is 0 Å². The topological polar surface area (TPSA) is 85.6 Å². The molecule has 0 unspecified atom stereocenters. The van der Waals surface area contributed by atoms with Gasteiger partial charge in [-0.1, -0.05) is 47.4 Å². The summed E-state index contributed by atoms with van der Waals surface area (Å²) in [7, 11) is 0. The Morgan fingerprint density at radius 1 is 1.22 bits per heavy atom. The number of carbonyl (C=O) groups excluding carboxylic acids is 1. The molecular weight excluding hydrogens is 631 g/mol. The Morgan fingerprint density at radius 2 is 2.00 bits per heavy atom. The van der Waals surface area contributed by atoms with E-state index < -0.39 is 11.7 Å². The zero-order chi connectivity index (χ0) is 26.7. The van der Waals surface area contributed by atoms with E-state index in [0.717, 1.165) is 4.47 Å². The van der Waals surface area contributed by atoms with Gasteiger partial charge in [-0.2, -0.15) is 9.78 Å². The summed E-state index contributed by atoms with van der Waals surface area (Å²) < 4.78 is 21.4. The van der Waals surface area contributed by atoms with Crippen LogP contribution in [0.25, 0.3) is 10.9 Å². The van der Waals surface area contributed by atoms with Gasteiger partial charge in [0.1, 0.15) is 11.6 Å². The Hall–Kier alpha value is -3.08. The fourth-order valence-electron chi connectivity index (χ4n) is 3.47. The van der Waals surface area contributed by atoms with Crippen molar-refractivity contribution < 1.29 is 13.9 Å². The summed E-state index contributed by atoms with van der Waals surface area (Å²) in [6, 6.07) is 14.2. The maximum absolute atomic E-state index is 13.3. The number of fused-ring (bicyclic) bond motifs is 1. The Kier molecular flexibility index (Phi) is 8.41. The third-order valence-corrected chi connectivity index (χ3v) is 6.51. The summed E-state index contributed by atoms with van der Waals surface area (Å²) in [6.45, 7) is 3.53. The predicted molar refractivity (Wildman–Crippen MR) is 150 cm³/mol. The van der Waals surface area contributed by atoms with E-state index in [4.69, 9.17) is 16.3 Å². The van der Waals surface area contributed by atoms with E-state index >= 15 is 0 Å². The molecule has 7 nitrogen and oxygen atoms in total. The molecule has 1 aromatic heterocycles. The molecule has 0 saturated heterocycles. The summed E-state index contributed by atoms with van der Waals surface area (Å²) in [5.41, 5.74) is 1.21. The van der Waals surface area contributed by atoms with Crippen LogP contribution in [0.1, 0.15) is 31.2 Å². The molecule has 190 valence electrons. The standard InChI is InChI=1S/C26H20Br2ClFN4O3/c1-14(2)25-33-22-7-6-16(27)10-19(22)26(36)34(25)31-12-15-8-20(28)24(21(29)9-15)37-13-23(35)32-18-5-3-4-17(30)11-18/h3-12,14H,13H2,1-2H3,(H,32,35). The molecule has 1 amide bonds. The number of ether oxygens (including phenoxy) is 1. The van der Waals surface area contributed by atoms with Crippen LogP contribution in [0.15, 0.2) is 73.4 Å². The Bertz CT molecular complexity index is 1570. The first-order chi connectivity index (χ1) is 17.6. The lowest BCUT2D eigenvalue weighted by molar-refractivity contribution is -0.118. The molecule has 0 saturated carbocycles. The third kappa shape index (κ3) is 6.44. The molecule has 0 radical (unpaired) electrons. The molecule has 1 N–H and O–H groups in total. The van der Waals surface area contributed by atoms with Gasteiger partial charge in [-0.05, 0) is 70.0 Å². The number of rotatable bonds is 7. The second-order valence-electron chi connectivity index (χ2n) is 8.31. The van der Waals surface area contributed by atoms with Gasteiger partial charge in [0.05, 0.1) is 26.6 Å². The predicted octanol–water partition coefficient (Wildman–Crippen LogP) is 6.74. The molecule has 0 fully saturated rings. The third-order valence-electron chi connectivity index (χ3n) is 5.15. The van der Waals surface area contributed by atoms with E-state index in [-0.39, 0.29) is 28.9 Å². The molecule has 1 heterocycles. The Labute approximate surface area is 233 Å². The molecule has 11 heteroatoms. The quantitative estimate of drug-likeness (QED) is 0.225. The van der Waals surface area contributed by atoms with E-state index in [1.807, 2.05) is 19.9 Å². The molecule has 4 aromatic rings. The summed E-state index contributed by atoms with van der Waals surface area (Å²) in [6.07, 6.45) is 1.50. The van der Waals surface area contributed by atoms with Crippen LogP contribution >= 0.6 is 43.5 Å². The van der Waals surface area contributed by atoms with Crippen LogP contribution in [-0.2, 0) is 4.79 Å². The summed E-state index contributed by atoms with van der Waals surface area (Å²) >= 11 is 13.2. The van der Waals surface area contributed by atoms with Crippen molar-refractivity contribution in [2.75, 3.05) is 11.9 Å². The van der Waals surface area contributed by atoms with Gasteiger partial charge in [-0.15, -0.1) is 0 Å². The maximum atomic E-state index is 13.3. The number of carbonyl (C=O) groups is 1. The molecule has 0 aliphatic rings. The maximum Gasteiger partial charge on any atom is 0.282 e. The fourth-order valence-corrected chi connectivity index (χ4v) is 4.82. The van der Waals surface area contributed by atoms with Gasteiger partial charge in [-0.3, -0.25) is 9.59 Å². The summed E-state index contributed by atoms with van der Waals surface area (Å²) in [4.78, 5) is 30.0. The number of aromatic nitrogens is 2. The summed E-state index contributed by atoms with van der Waals surface area (Å²) in [5.74, 6) is -0.217. The van der Waals surface area contributed by atoms with Gasteiger partial charge >= 0.3 is 0 Å². The molecule has 0 spiro atoms. The number of hydrogen-bond acceptors (Lipinski definition) is 5. The number of halogens is 4. The van der Waals surface area contributed by atoms with Crippen molar-refractivity contribution in [3.05, 3.63) is 96.1 Å². The molecule has 37 heavy (non-hydrogen) atoms. The lowest BCUT2D eigenvalue weighted by Crippen LogP contribution is -2.23. The van der Waals surface area contributed by atoms with E-state index in [1.165, 1.54) is 29.1 Å². The van der Waals surface area contributed by atoms with Gasteiger partial charge in [0.2, 0.25) is 0 Å². The first kappa shape index (κ1) is 27.0. The average Bonchev–Trinajstić information content (AvgIpc) is 2.83. The molecule has 0 atom stereocenters. The molecule has 0 bridgehead atoms. The normalized spacial score (nSPS) is 11.4. The highest BCUT2D eigenvalue weighted by atomic mass is 79.9. The van der Waals surface area contributed by atoms with Gasteiger partial charge in [0, 0.05) is 16.1 Å². The SMILES string of the molecule is CC(C)c1nc2ccc(Br)cc2c(=O)n1N=Cc1cc(Cl)c(OCC(=O)Nc2cccc(F)c2)c(Br)c1. The van der Waals surface area contributed by atoms with Crippen LogP contribution in [0.5, 0.6) is 5.75 Å². The van der Waals surface area contributed by atoms with Gasteiger partial charge < -0.3 is 10.1 Å². The first-order valence-corrected chi connectivity index (χ1v) is 13.0. The minimum Gasteiger partial charge on any atom is -0.481 e.